The van der Waals surface area contributed by atoms with Gasteiger partial charge in [-0.05, 0) is 48.0 Å². The SMILES string of the molecule is NS(=O)(=O)c1cc(C(=O)N2CCOc3ccc(-c4cnc5ccccc5c4)cc3C2)ccc1Cl. The largest absolute Gasteiger partial charge is 0.491 e. The van der Waals surface area contributed by atoms with Crippen molar-refractivity contribution in [1.82, 2.24) is 9.88 Å². The smallest absolute Gasteiger partial charge is 0.254 e. The van der Waals surface area contributed by atoms with Gasteiger partial charge in [0.25, 0.3) is 5.91 Å². The monoisotopic (exact) mass is 493 g/mol. The van der Waals surface area contributed by atoms with Crippen LogP contribution >= 0.6 is 11.6 Å². The molecule has 0 atom stereocenters. The molecule has 5 rings (SSSR count). The molecule has 9 heteroatoms. The van der Waals surface area contributed by atoms with Crippen LogP contribution in [0.2, 0.25) is 5.02 Å². The fourth-order valence-corrected chi connectivity index (χ4v) is 5.08. The summed E-state index contributed by atoms with van der Waals surface area (Å²) in [6, 6.07) is 19.9. The number of carbonyl (C=O) groups excluding carboxylic acids is 1. The van der Waals surface area contributed by atoms with Crippen LogP contribution in [0.1, 0.15) is 15.9 Å². The van der Waals surface area contributed by atoms with Gasteiger partial charge >= 0.3 is 0 Å². The molecule has 0 spiro atoms. The zero-order valence-electron chi connectivity index (χ0n) is 17.9. The number of rotatable bonds is 3. The number of para-hydroxylation sites is 1. The van der Waals surface area contributed by atoms with Gasteiger partial charge in [0, 0.05) is 34.8 Å². The Bertz CT molecular complexity index is 1540. The van der Waals surface area contributed by atoms with Crippen molar-refractivity contribution < 1.29 is 17.9 Å². The average Bonchev–Trinajstić information content (AvgIpc) is 3.05. The second kappa shape index (κ2) is 8.72. The van der Waals surface area contributed by atoms with Crippen LogP contribution < -0.4 is 9.88 Å². The van der Waals surface area contributed by atoms with Crippen molar-refractivity contribution in [2.24, 2.45) is 5.14 Å². The van der Waals surface area contributed by atoms with Crippen LogP contribution in [0.5, 0.6) is 5.75 Å². The van der Waals surface area contributed by atoms with E-state index in [-0.39, 0.29) is 21.4 Å². The van der Waals surface area contributed by atoms with Crippen molar-refractivity contribution in [3.8, 4) is 16.9 Å². The molecule has 4 aromatic rings. The molecule has 0 aliphatic carbocycles. The third-order valence-electron chi connectivity index (χ3n) is 5.74. The van der Waals surface area contributed by atoms with Gasteiger partial charge in [0.05, 0.1) is 17.1 Å². The second-order valence-corrected chi connectivity index (χ2v) is 9.94. The first-order chi connectivity index (χ1) is 16.3. The normalized spacial score (nSPS) is 13.8. The summed E-state index contributed by atoms with van der Waals surface area (Å²) in [5, 5.41) is 6.25. The molecule has 172 valence electrons. The van der Waals surface area contributed by atoms with Crippen LogP contribution in [0.4, 0.5) is 0 Å². The number of pyridine rings is 1. The topological polar surface area (TPSA) is 103 Å². The van der Waals surface area contributed by atoms with Crippen LogP contribution in [0.15, 0.2) is 77.8 Å². The number of benzene rings is 3. The van der Waals surface area contributed by atoms with Gasteiger partial charge in [-0.25, -0.2) is 13.6 Å². The Morgan fingerprint density at radius 2 is 1.85 bits per heavy atom. The number of halogens is 1. The molecule has 7 nitrogen and oxygen atoms in total. The van der Waals surface area contributed by atoms with E-state index in [1.807, 2.05) is 48.7 Å². The maximum Gasteiger partial charge on any atom is 0.254 e. The average molecular weight is 494 g/mol. The number of ether oxygens (including phenoxy) is 1. The van der Waals surface area contributed by atoms with E-state index < -0.39 is 10.0 Å². The number of fused-ring (bicyclic) bond motifs is 2. The quantitative estimate of drug-likeness (QED) is 0.460. The van der Waals surface area contributed by atoms with Crippen LogP contribution in [-0.4, -0.2) is 37.4 Å². The van der Waals surface area contributed by atoms with E-state index >= 15 is 0 Å². The standard InChI is InChI=1S/C25H20ClN3O4S/c26-21-7-5-18(13-24(21)34(27,31)32)25(30)29-9-10-33-23-8-6-16(11-20(23)15-29)19-12-17-3-1-2-4-22(17)28-14-19/h1-8,11-14H,9-10,15H2,(H2,27,31,32). The third kappa shape index (κ3) is 4.35. The van der Waals surface area contributed by atoms with Crippen molar-refractivity contribution in [3.05, 3.63) is 89.1 Å². The minimum atomic E-state index is -4.06. The number of nitrogens with two attached hydrogens (primary N) is 1. The molecule has 2 N–H and O–H groups in total. The van der Waals surface area contributed by atoms with Gasteiger partial charge in [-0.2, -0.15) is 0 Å². The van der Waals surface area contributed by atoms with E-state index in [4.69, 9.17) is 21.5 Å². The molecule has 0 radical (unpaired) electrons. The minimum Gasteiger partial charge on any atom is -0.491 e. The number of hydrogen-bond donors (Lipinski definition) is 1. The van der Waals surface area contributed by atoms with Crippen LogP contribution in [0.25, 0.3) is 22.0 Å². The van der Waals surface area contributed by atoms with Gasteiger partial charge < -0.3 is 9.64 Å². The van der Waals surface area contributed by atoms with Gasteiger partial charge in [-0.15, -0.1) is 0 Å². The molecule has 1 amide bonds. The minimum absolute atomic E-state index is 0.0303. The van der Waals surface area contributed by atoms with E-state index in [1.54, 1.807) is 4.90 Å². The predicted octanol–water partition coefficient (Wildman–Crippen LogP) is 4.24. The lowest BCUT2D eigenvalue weighted by atomic mass is 10.0. The number of primary sulfonamides is 1. The first-order valence-electron chi connectivity index (χ1n) is 10.5. The van der Waals surface area contributed by atoms with E-state index in [2.05, 4.69) is 11.1 Å². The lowest BCUT2D eigenvalue weighted by Crippen LogP contribution is -2.32. The third-order valence-corrected chi connectivity index (χ3v) is 7.13. The fraction of sp³-hybridized carbons (Fsp3) is 0.120. The first-order valence-corrected chi connectivity index (χ1v) is 12.4. The zero-order chi connectivity index (χ0) is 23.9. The van der Waals surface area contributed by atoms with Gasteiger partial charge in [0.15, 0.2) is 0 Å². The van der Waals surface area contributed by atoms with Gasteiger partial charge in [-0.3, -0.25) is 9.78 Å². The maximum absolute atomic E-state index is 13.2. The molecule has 0 saturated carbocycles. The Labute approximate surface area is 201 Å². The van der Waals surface area contributed by atoms with E-state index in [0.717, 1.165) is 27.6 Å². The van der Waals surface area contributed by atoms with Crippen molar-refractivity contribution >= 4 is 38.4 Å². The summed E-state index contributed by atoms with van der Waals surface area (Å²) in [6.45, 7) is 0.954. The highest BCUT2D eigenvalue weighted by Gasteiger charge is 2.24. The molecule has 0 saturated heterocycles. The lowest BCUT2D eigenvalue weighted by molar-refractivity contribution is 0.0733. The van der Waals surface area contributed by atoms with Crippen LogP contribution in [0, 0.1) is 0 Å². The predicted molar refractivity (Wildman–Crippen MR) is 130 cm³/mol. The summed E-state index contributed by atoms with van der Waals surface area (Å²) in [7, 11) is -4.06. The van der Waals surface area contributed by atoms with Crippen molar-refractivity contribution in [2.75, 3.05) is 13.2 Å². The van der Waals surface area contributed by atoms with Gasteiger partial charge in [0.1, 0.15) is 17.3 Å². The Balaban J connectivity index is 1.47. The number of nitrogens with zero attached hydrogens (tertiary/aromatic N) is 2. The van der Waals surface area contributed by atoms with Gasteiger partial charge in [-0.1, -0.05) is 35.9 Å². The molecule has 0 bridgehead atoms. The number of aromatic nitrogens is 1. The van der Waals surface area contributed by atoms with Crippen molar-refractivity contribution in [2.45, 2.75) is 11.4 Å². The zero-order valence-corrected chi connectivity index (χ0v) is 19.5. The number of amides is 1. The molecule has 2 heterocycles. The van der Waals surface area contributed by atoms with E-state index in [1.165, 1.54) is 18.2 Å². The molecule has 34 heavy (non-hydrogen) atoms. The Morgan fingerprint density at radius 3 is 2.68 bits per heavy atom. The molecular weight excluding hydrogens is 474 g/mol. The molecule has 0 unspecified atom stereocenters. The highest BCUT2D eigenvalue weighted by Crippen LogP contribution is 2.31. The second-order valence-electron chi connectivity index (χ2n) is 8.00. The summed E-state index contributed by atoms with van der Waals surface area (Å²) in [5.74, 6) is 0.366. The molecule has 1 aromatic heterocycles. The lowest BCUT2D eigenvalue weighted by Gasteiger charge is -2.20. The number of hydrogen-bond acceptors (Lipinski definition) is 5. The van der Waals surface area contributed by atoms with E-state index in [9.17, 15) is 13.2 Å². The molecule has 1 aliphatic rings. The number of carbonyl (C=O) groups is 1. The Hall–Kier alpha value is -3.46. The number of sulfonamides is 1. The first kappa shape index (κ1) is 22.3. The van der Waals surface area contributed by atoms with Crippen molar-refractivity contribution in [1.29, 1.82) is 0 Å². The Kier molecular flexibility index (Phi) is 5.73. The summed E-state index contributed by atoms with van der Waals surface area (Å²) < 4.78 is 29.5. The van der Waals surface area contributed by atoms with Gasteiger partial charge in [0.2, 0.25) is 10.0 Å². The summed E-state index contributed by atoms with van der Waals surface area (Å²) in [6.07, 6.45) is 1.83. The highest BCUT2D eigenvalue weighted by atomic mass is 35.5. The molecular formula is C25H20ClN3O4S. The van der Waals surface area contributed by atoms with Crippen molar-refractivity contribution in [3.63, 3.8) is 0 Å². The maximum atomic E-state index is 13.2. The van der Waals surface area contributed by atoms with Crippen LogP contribution in [-0.2, 0) is 16.6 Å². The fourth-order valence-electron chi connectivity index (χ4n) is 4.01. The van der Waals surface area contributed by atoms with E-state index in [0.29, 0.717) is 25.4 Å². The van der Waals surface area contributed by atoms with Crippen LogP contribution in [0.3, 0.4) is 0 Å². The molecule has 0 fully saturated rings. The Morgan fingerprint density at radius 1 is 1.03 bits per heavy atom. The highest BCUT2D eigenvalue weighted by molar-refractivity contribution is 7.89. The summed E-state index contributed by atoms with van der Waals surface area (Å²) in [5.41, 5.74) is 3.86. The summed E-state index contributed by atoms with van der Waals surface area (Å²) in [4.78, 5) is 19.1. The summed E-state index contributed by atoms with van der Waals surface area (Å²) >= 11 is 5.97. The molecule has 1 aliphatic heterocycles. The molecule has 3 aromatic carbocycles.